The summed E-state index contributed by atoms with van der Waals surface area (Å²) >= 11 is 11.6. The smallest absolute Gasteiger partial charge is 0.338 e. The van der Waals surface area contributed by atoms with Crippen molar-refractivity contribution in [1.82, 2.24) is 4.31 Å². The summed E-state index contributed by atoms with van der Waals surface area (Å²) in [7, 11) is -2.56. The first-order chi connectivity index (χ1) is 9.09. The molecule has 1 rings (SSSR count). The zero-order valence-corrected chi connectivity index (χ0v) is 13.2. The van der Waals surface area contributed by atoms with Gasteiger partial charge in [-0.05, 0) is 19.1 Å². The monoisotopic (exact) mass is 337 g/mol. The number of carboxylic acids is 1. The van der Waals surface area contributed by atoms with Gasteiger partial charge < -0.3 is 5.11 Å². The number of hydrogen-bond acceptors (Lipinski definition) is 3. The van der Waals surface area contributed by atoms with Gasteiger partial charge in [-0.25, -0.2) is 13.2 Å². The summed E-state index contributed by atoms with van der Waals surface area (Å²) in [5.74, 6) is -1.39. The summed E-state index contributed by atoms with van der Waals surface area (Å²) in [6, 6.07) is 2.37. The lowest BCUT2D eigenvalue weighted by Crippen LogP contribution is -2.29. The van der Waals surface area contributed by atoms with Crippen LogP contribution in [0.25, 0.3) is 0 Å². The maximum Gasteiger partial charge on any atom is 0.338 e. The SMILES string of the molecule is C=C(C)CN(C)S(=O)(=O)c1ccc(Cl)c(C(=O)O)c1Cl. The van der Waals surface area contributed by atoms with Crippen molar-refractivity contribution < 1.29 is 18.3 Å². The van der Waals surface area contributed by atoms with Crippen LogP contribution in [-0.2, 0) is 10.0 Å². The largest absolute Gasteiger partial charge is 0.478 e. The van der Waals surface area contributed by atoms with Crippen molar-refractivity contribution in [2.45, 2.75) is 11.8 Å². The van der Waals surface area contributed by atoms with E-state index in [9.17, 15) is 13.2 Å². The molecule has 0 aliphatic rings. The minimum Gasteiger partial charge on any atom is -0.478 e. The summed E-state index contributed by atoms with van der Waals surface area (Å²) in [5.41, 5.74) is 0.206. The van der Waals surface area contributed by atoms with E-state index in [2.05, 4.69) is 6.58 Å². The summed E-state index contributed by atoms with van der Waals surface area (Å²) in [6.07, 6.45) is 0. The van der Waals surface area contributed by atoms with Gasteiger partial charge >= 0.3 is 5.97 Å². The predicted molar refractivity (Wildman–Crippen MR) is 78.1 cm³/mol. The van der Waals surface area contributed by atoms with Gasteiger partial charge in [0.1, 0.15) is 4.90 Å². The van der Waals surface area contributed by atoms with Crippen LogP contribution in [0.15, 0.2) is 29.2 Å². The number of rotatable bonds is 5. The minimum absolute atomic E-state index is 0.101. The molecule has 0 aromatic heterocycles. The Bertz CT molecular complexity index is 670. The molecule has 0 aliphatic heterocycles. The van der Waals surface area contributed by atoms with Crippen LogP contribution in [0.5, 0.6) is 0 Å². The van der Waals surface area contributed by atoms with E-state index in [-0.39, 0.29) is 16.5 Å². The minimum atomic E-state index is -3.92. The van der Waals surface area contributed by atoms with Crippen molar-refractivity contribution in [2.24, 2.45) is 0 Å². The fraction of sp³-hybridized carbons (Fsp3) is 0.250. The topological polar surface area (TPSA) is 74.7 Å². The molecule has 0 aliphatic carbocycles. The van der Waals surface area contributed by atoms with E-state index >= 15 is 0 Å². The summed E-state index contributed by atoms with van der Waals surface area (Å²) in [6.45, 7) is 5.41. The Hall–Kier alpha value is -1.08. The van der Waals surface area contributed by atoms with Crippen LogP contribution in [0.1, 0.15) is 17.3 Å². The molecule has 0 fully saturated rings. The molecule has 0 spiro atoms. The number of likely N-dealkylation sites (N-methyl/N-ethyl adjacent to an activating group) is 1. The average molecular weight is 338 g/mol. The molecule has 1 N–H and O–H groups in total. The Morgan fingerprint density at radius 3 is 2.40 bits per heavy atom. The number of carbonyl (C=O) groups is 1. The van der Waals surface area contributed by atoms with Crippen molar-refractivity contribution >= 4 is 39.2 Å². The van der Waals surface area contributed by atoms with Gasteiger partial charge in [0, 0.05) is 13.6 Å². The lowest BCUT2D eigenvalue weighted by Gasteiger charge is -2.18. The van der Waals surface area contributed by atoms with Crippen LogP contribution >= 0.6 is 23.2 Å². The predicted octanol–water partition coefficient (Wildman–Crippen LogP) is 2.89. The van der Waals surface area contributed by atoms with Crippen LogP contribution in [0.2, 0.25) is 10.0 Å². The van der Waals surface area contributed by atoms with Crippen LogP contribution in [0.3, 0.4) is 0 Å². The standard InChI is InChI=1S/C12H13Cl2NO4S/c1-7(2)6-15(3)20(18,19)9-5-4-8(13)10(11(9)14)12(16)17/h4-5H,1,6H2,2-3H3,(H,16,17). The van der Waals surface area contributed by atoms with Gasteiger partial charge in [0.05, 0.1) is 15.6 Å². The molecular formula is C12H13Cl2NO4S. The first-order valence-electron chi connectivity index (χ1n) is 5.41. The molecule has 110 valence electrons. The van der Waals surface area contributed by atoms with E-state index < -0.39 is 26.6 Å². The number of aromatic carboxylic acids is 1. The highest BCUT2D eigenvalue weighted by molar-refractivity contribution is 7.89. The van der Waals surface area contributed by atoms with Crippen LogP contribution in [-0.4, -0.2) is 37.4 Å². The molecule has 0 unspecified atom stereocenters. The zero-order chi connectivity index (χ0) is 15.7. The molecule has 8 heteroatoms. The van der Waals surface area contributed by atoms with Crippen LogP contribution < -0.4 is 0 Å². The lowest BCUT2D eigenvalue weighted by molar-refractivity contribution is 0.0697. The normalized spacial score (nSPS) is 11.7. The number of halogens is 2. The van der Waals surface area contributed by atoms with Crippen LogP contribution in [0, 0.1) is 0 Å². The molecule has 0 heterocycles. The van der Waals surface area contributed by atoms with Gasteiger partial charge in [-0.1, -0.05) is 35.4 Å². The molecule has 1 aromatic carbocycles. The van der Waals surface area contributed by atoms with Crippen molar-refractivity contribution in [3.05, 3.63) is 39.9 Å². The molecule has 20 heavy (non-hydrogen) atoms. The number of hydrogen-bond donors (Lipinski definition) is 1. The second-order valence-electron chi connectivity index (χ2n) is 4.26. The molecule has 0 atom stereocenters. The number of sulfonamides is 1. The molecule has 5 nitrogen and oxygen atoms in total. The number of benzene rings is 1. The average Bonchev–Trinajstić information content (AvgIpc) is 2.26. The third-order valence-electron chi connectivity index (χ3n) is 2.45. The van der Waals surface area contributed by atoms with Gasteiger partial charge in [0.2, 0.25) is 10.0 Å². The molecule has 1 aromatic rings. The Kier molecular flexibility index (Phi) is 5.21. The van der Waals surface area contributed by atoms with E-state index in [0.717, 1.165) is 4.31 Å². The summed E-state index contributed by atoms with van der Waals surface area (Å²) in [5, 5.41) is 8.50. The molecular weight excluding hydrogens is 325 g/mol. The highest BCUT2D eigenvalue weighted by atomic mass is 35.5. The first-order valence-corrected chi connectivity index (χ1v) is 7.60. The first kappa shape index (κ1) is 17.0. The lowest BCUT2D eigenvalue weighted by atomic mass is 10.2. The van der Waals surface area contributed by atoms with Gasteiger partial charge in [0.15, 0.2) is 0 Å². The number of carboxylic acid groups (broad SMARTS) is 1. The molecule has 0 radical (unpaired) electrons. The maximum atomic E-state index is 12.3. The van der Waals surface area contributed by atoms with E-state index in [1.165, 1.54) is 19.2 Å². The van der Waals surface area contributed by atoms with Crippen LogP contribution in [0.4, 0.5) is 0 Å². The van der Waals surface area contributed by atoms with Crippen molar-refractivity contribution in [3.8, 4) is 0 Å². The molecule has 0 saturated carbocycles. The Morgan fingerprint density at radius 2 is 1.95 bits per heavy atom. The molecule has 0 saturated heterocycles. The highest BCUT2D eigenvalue weighted by Crippen LogP contribution is 2.32. The molecule has 0 bridgehead atoms. The Labute approximate surface area is 127 Å². The van der Waals surface area contributed by atoms with E-state index in [4.69, 9.17) is 28.3 Å². The Morgan fingerprint density at radius 1 is 1.40 bits per heavy atom. The van der Waals surface area contributed by atoms with Gasteiger partial charge in [-0.2, -0.15) is 4.31 Å². The third kappa shape index (κ3) is 3.32. The Balaban J connectivity index is 3.44. The van der Waals surface area contributed by atoms with Gasteiger partial charge in [-0.3, -0.25) is 0 Å². The van der Waals surface area contributed by atoms with E-state index in [1.807, 2.05) is 0 Å². The van der Waals surface area contributed by atoms with E-state index in [1.54, 1.807) is 6.92 Å². The summed E-state index contributed by atoms with van der Waals surface area (Å²) in [4.78, 5) is 10.8. The molecule has 0 amide bonds. The fourth-order valence-electron chi connectivity index (χ4n) is 1.56. The highest BCUT2D eigenvalue weighted by Gasteiger charge is 2.27. The van der Waals surface area contributed by atoms with Gasteiger partial charge in [-0.15, -0.1) is 0 Å². The second kappa shape index (κ2) is 6.13. The van der Waals surface area contributed by atoms with Gasteiger partial charge in [0.25, 0.3) is 0 Å². The maximum absolute atomic E-state index is 12.3. The van der Waals surface area contributed by atoms with Crippen molar-refractivity contribution in [2.75, 3.05) is 13.6 Å². The number of nitrogens with zero attached hydrogens (tertiary/aromatic N) is 1. The quantitative estimate of drug-likeness (QED) is 0.838. The van der Waals surface area contributed by atoms with Crippen molar-refractivity contribution in [1.29, 1.82) is 0 Å². The zero-order valence-electron chi connectivity index (χ0n) is 10.9. The summed E-state index contributed by atoms with van der Waals surface area (Å²) < 4.78 is 25.7. The second-order valence-corrected chi connectivity index (χ2v) is 7.06. The third-order valence-corrected chi connectivity index (χ3v) is 5.12. The fourth-order valence-corrected chi connectivity index (χ4v) is 3.68. The van der Waals surface area contributed by atoms with Crippen molar-refractivity contribution in [3.63, 3.8) is 0 Å². The van der Waals surface area contributed by atoms with E-state index in [0.29, 0.717) is 5.57 Å².